The molecule has 4 rings (SSSR count). The molecule has 5 nitrogen and oxygen atoms in total. The highest BCUT2D eigenvalue weighted by Crippen LogP contribution is 2.41. The summed E-state index contributed by atoms with van der Waals surface area (Å²) in [6.45, 7) is 10.6. The van der Waals surface area contributed by atoms with E-state index < -0.39 is 0 Å². The Morgan fingerprint density at radius 1 is 1.04 bits per heavy atom. The summed E-state index contributed by atoms with van der Waals surface area (Å²) >= 11 is 1.54. The molecule has 1 saturated carbocycles. The van der Waals surface area contributed by atoms with Crippen LogP contribution in [-0.4, -0.2) is 39.4 Å². The van der Waals surface area contributed by atoms with Gasteiger partial charge in [0, 0.05) is 24.7 Å². The van der Waals surface area contributed by atoms with Crippen molar-refractivity contribution in [2.75, 3.05) is 23.7 Å². The summed E-state index contributed by atoms with van der Waals surface area (Å²) in [6, 6.07) is 4.64. The standard InChI is InChI=1S/C22H30N4OS/c1-14-7-9-25(10-8-14)21-23-24-22(26(21)18-5-6-18)28-13-20(27)19-12-16(3)15(2)11-17(19)4/h11-12,14,18H,5-10,13H2,1-4H3. The van der Waals surface area contributed by atoms with Gasteiger partial charge in [0.25, 0.3) is 0 Å². The lowest BCUT2D eigenvalue weighted by molar-refractivity contribution is 0.102. The van der Waals surface area contributed by atoms with Gasteiger partial charge in [-0.1, -0.05) is 24.8 Å². The number of Topliss-reactive ketones (excluding diaryl/α,β-unsaturated/α-hetero) is 1. The fraction of sp³-hybridized carbons (Fsp3) is 0.591. The number of thioether (sulfide) groups is 1. The number of hydrogen-bond acceptors (Lipinski definition) is 5. The Kier molecular flexibility index (Phi) is 5.50. The Hall–Kier alpha value is -1.82. The van der Waals surface area contributed by atoms with Gasteiger partial charge in [0.2, 0.25) is 5.95 Å². The zero-order valence-corrected chi connectivity index (χ0v) is 18.2. The summed E-state index contributed by atoms with van der Waals surface area (Å²) < 4.78 is 2.29. The second-order valence-electron chi connectivity index (χ2n) is 8.52. The molecule has 0 bridgehead atoms. The molecule has 2 heterocycles. The van der Waals surface area contributed by atoms with Crippen LogP contribution in [-0.2, 0) is 0 Å². The molecule has 0 unspecified atom stereocenters. The summed E-state index contributed by atoms with van der Waals surface area (Å²) in [7, 11) is 0. The molecule has 0 N–H and O–H groups in total. The highest BCUT2D eigenvalue weighted by atomic mass is 32.2. The molecule has 0 radical (unpaired) electrons. The van der Waals surface area contributed by atoms with Gasteiger partial charge in [0.05, 0.1) is 5.75 Å². The number of aromatic nitrogens is 3. The molecule has 0 spiro atoms. The predicted octanol–water partition coefficient (Wildman–Crippen LogP) is 4.75. The summed E-state index contributed by atoms with van der Waals surface area (Å²) in [4.78, 5) is 15.2. The zero-order chi connectivity index (χ0) is 19.8. The van der Waals surface area contributed by atoms with Gasteiger partial charge in [0.15, 0.2) is 10.9 Å². The van der Waals surface area contributed by atoms with E-state index in [1.165, 1.54) is 48.6 Å². The van der Waals surface area contributed by atoms with Crippen LogP contribution in [0.15, 0.2) is 17.3 Å². The quantitative estimate of drug-likeness (QED) is 0.519. The average molecular weight is 399 g/mol. The Bertz CT molecular complexity index is 879. The molecule has 2 aliphatic rings. The maximum atomic E-state index is 12.9. The summed E-state index contributed by atoms with van der Waals surface area (Å²) in [5, 5.41) is 9.89. The lowest BCUT2D eigenvalue weighted by Gasteiger charge is -2.31. The second kappa shape index (κ2) is 7.90. The van der Waals surface area contributed by atoms with Crippen molar-refractivity contribution >= 4 is 23.5 Å². The molecule has 1 aliphatic heterocycles. The number of piperidine rings is 1. The van der Waals surface area contributed by atoms with Gasteiger partial charge >= 0.3 is 0 Å². The number of anilines is 1. The third kappa shape index (κ3) is 3.97. The Morgan fingerprint density at radius 3 is 2.39 bits per heavy atom. The van der Waals surface area contributed by atoms with Gasteiger partial charge in [-0.15, -0.1) is 10.2 Å². The van der Waals surface area contributed by atoms with E-state index in [0.29, 0.717) is 11.8 Å². The van der Waals surface area contributed by atoms with Crippen LogP contribution in [0.2, 0.25) is 0 Å². The van der Waals surface area contributed by atoms with Crippen molar-refractivity contribution in [3.63, 3.8) is 0 Å². The van der Waals surface area contributed by atoms with E-state index in [9.17, 15) is 4.79 Å². The van der Waals surface area contributed by atoms with Gasteiger partial charge in [-0.3, -0.25) is 9.36 Å². The lowest BCUT2D eigenvalue weighted by Crippen LogP contribution is -2.34. The monoisotopic (exact) mass is 398 g/mol. The van der Waals surface area contributed by atoms with Crippen molar-refractivity contribution < 1.29 is 4.79 Å². The van der Waals surface area contributed by atoms with Crippen LogP contribution in [0.25, 0.3) is 0 Å². The van der Waals surface area contributed by atoms with Crippen LogP contribution in [0, 0.1) is 26.7 Å². The van der Waals surface area contributed by atoms with E-state index in [4.69, 9.17) is 0 Å². The molecule has 1 aliphatic carbocycles. The number of rotatable bonds is 6. The third-order valence-electron chi connectivity index (χ3n) is 6.10. The number of carbonyl (C=O) groups excluding carboxylic acids is 1. The largest absolute Gasteiger partial charge is 0.341 e. The van der Waals surface area contributed by atoms with Crippen molar-refractivity contribution in [3.8, 4) is 0 Å². The van der Waals surface area contributed by atoms with E-state index in [2.05, 4.69) is 46.5 Å². The number of aryl methyl sites for hydroxylation is 3. The molecule has 1 aromatic heterocycles. The molecule has 2 aromatic rings. The fourth-order valence-electron chi connectivity index (χ4n) is 3.91. The van der Waals surface area contributed by atoms with Crippen LogP contribution < -0.4 is 4.90 Å². The number of benzene rings is 1. The zero-order valence-electron chi connectivity index (χ0n) is 17.4. The molecular formula is C22H30N4OS. The first-order chi connectivity index (χ1) is 13.4. The molecule has 6 heteroatoms. The maximum absolute atomic E-state index is 12.9. The van der Waals surface area contributed by atoms with Crippen LogP contribution in [0.3, 0.4) is 0 Å². The first kappa shape index (κ1) is 19.5. The number of ketones is 1. The minimum Gasteiger partial charge on any atom is -0.341 e. The van der Waals surface area contributed by atoms with Crippen molar-refractivity contribution in [2.24, 2.45) is 5.92 Å². The van der Waals surface area contributed by atoms with Crippen molar-refractivity contribution in [2.45, 2.75) is 64.6 Å². The Balaban J connectivity index is 1.49. The van der Waals surface area contributed by atoms with Gasteiger partial charge < -0.3 is 4.90 Å². The third-order valence-corrected chi connectivity index (χ3v) is 7.04. The lowest BCUT2D eigenvalue weighted by atomic mass is 9.99. The summed E-state index contributed by atoms with van der Waals surface area (Å²) in [5.74, 6) is 2.38. The number of carbonyl (C=O) groups is 1. The van der Waals surface area contributed by atoms with Crippen LogP contribution >= 0.6 is 11.8 Å². The Morgan fingerprint density at radius 2 is 1.71 bits per heavy atom. The van der Waals surface area contributed by atoms with E-state index in [1.807, 2.05) is 13.0 Å². The smallest absolute Gasteiger partial charge is 0.228 e. The van der Waals surface area contributed by atoms with E-state index in [1.54, 1.807) is 0 Å². The number of nitrogens with zero attached hydrogens (tertiary/aromatic N) is 4. The minimum absolute atomic E-state index is 0.171. The average Bonchev–Trinajstić information content (AvgIpc) is 3.42. The van der Waals surface area contributed by atoms with Crippen LogP contribution in [0.1, 0.15) is 65.7 Å². The van der Waals surface area contributed by atoms with Crippen molar-refractivity contribution in [3.05, 3.63) is 34.4 Å². The van der Waals surface area contributed by atoms with Gasteiger partial charge in [-0.25, -0.2) is 0 Å². The maximum Gasteiger partial charge on any atom is 0.228 e. The summed E-state index contributed by atoms with van der Waals surface area (Å²) in [6.07, 6.45) is 4.80. The minimum atomic E-state index is 0.171. The summed E-state index contributed by atoms with van der Waals surface area (Å²) in [5.41, 5.74) is 4.29. The van der Waals surface area contributed by atoms with Gasteiger partial charge in [-0.2, -0.15) is 0 Å². The SMILES string of the molecule is Cc1cc(C)c(C(=O)CSc2nnc(N3CCC(C)CC3)n2C2CC2)cc1C. The first-order valence-corrected chi connectivity index (χ1v) is 11.4. The van der Waals surface area contributed by atoms with Crippen molar-refractivity contribution in [1.29, 1.82) is 0 Å². The Labute approximate surface area is 171 Å². The predicted molar refractivity (Wildman–Crippen MR) is 115 cm³/mol. The fourth-order valence-corrected chi connectivity index (χ4v) is 4.80. The molecule has 150 valence electrons. The molecule has 0 atom stereocenters. The highest BCUT2D eigenvalue weighted by Gasteiger charge is 2.32. The van der Waals surface area contributed by atoms with Crippen molar-refractivity contribution in [1.82, 2.24) is 14.8 Å². The molecule has 1 aromatic carbocycles. The van der Waals surface area contributed by atoms with E-state index in [-0.39, 0.29) is 5.78 Å². The van der Waals surface area contributed by atoms with E-state index in [0.717, 1.165) is 41.2 Å². The van der Waals surface area contributed by atoms with Crippen LogP contribution in [0.4, 0.5) is 5.95 Å². The van der Waals surface area contributed by atoms with E-state index >= 15 is 0 Å². The number of hydrogen-bond donors (Lipinski definition) is 0. The molecular weight excluding hydrogens is 368 g/mol. The second-order valence-corrected chi connectivity index (χ2v) is 9.46. The van der Waals surface area contributed by atoms with Gasteiger partial charge in [-0.05, 0) is 75.1 Å². The topological polar surface area (TPSA) is 51.0 Å². The van der Waals surface area contributed by atoms with Gasteiger partial charge in [0.1, 0.15) is 0 Å². The first-order valence-electron chi connectivity index (χ1n) is 10.4. The highest BCUT2D eigenvalue weighted by molar-refractivity contribution is 7.99. The molecule has 1 saturated heterocycles. The molecule has 2 fully saturated rings. The van der Waals surface area contributed by atoms with Crippen LogP contribution in [0.5, 0.6) is 0 Å². The molecule has 0 amide bonds. The molecule has 28 heavy (non-hydrogen) atoms. The normalized spacial score (nSPS) is 17.9.